The molecule has 6 heteroatoms. The molecule has 2 N–H and O–H groups in total. The minimum atomic E-state index is 0.280. The second-order valence-corrected chi connectivity index (χ2v) is 5.92. The molecule has 1 aliphatic rings. The Kier molecular flexibility index (Phi) is 5.61. The fourth-order valence-electron chi connectivity index (χ4n) is 2.38. The third kappa shape index (κ3) is 5.04. The number of hydrogen-bond donors (Lipinski definition) is 2. The summed E-state index contributed by atoms with van der Waals surface area (Å²) in [5, 5.41) is 6.59. The number of ether oxygens (including phenoxy) is 2. The van der Waals surface area contributed by atoms with Gasteiger partial charge in [-0.2, -0.15) is 0 Å². The number of guanidine groups is 1. The van der Waals surface area contributed by atoms with Gasteiger partial charge in [0, 0.05) is 19.5 Å². The van der Waals surface area contributed by atoms with Gasteiger partial charge in [-0.05, 0) is 36.8 Å². The fourth-order valence-corrected chi connectivity index (χ4v) is 2.38. The fraction of sp³-hybridized carbons (Fsp3) is 0.316. The molecule has 3 rings (SSSR count). The molecule has 0 atom stereocenters. The lowest BCUT2D eigenvalue weighted by molar-refractivity contribution is 0.174. The maximum Gasteiger partial charge on any atom is 0.231 e. The summed E-state index contributed by atoms with van der Waals surface area (Å²) in [5.41, 5.74) is 2.11. The molecule has 0 aliphatic carbocycles. The van der Waals surface area contributed by atoms with Gasteiger partial charge in [-0.15, -0.1) is 0 Å². The summed E-state index contributed by atoms with van der Waals surface area (Å²) < 4.78 is 16.1. The predicted octanol–water partition coefficient (Wildman–Crippen LogP) is 2.86. The van der Waals surface area contributed by atoms with E-state index in [1.54, 1.807) is 6.26 Å². The van der Waals surface area contributed by atoms with Gasteiger partial charge in [0.25, 0.3) is 0 Å². The number of furan rings is 1. The Hall–Kier alpha value is -2.89. The molecule has 0 amide bonds. The van der Waals surface area contributed by atoms with Crippen LogP contribution >= 0.6 is 0 Å². The zero-order valence-corrected chi connectivity index (χ0v) is 14.4. The number of nitrogens with zero attached hydrogens (tertiary/aromatic N) is 1. The average Bonchev–Trinajstić information content (AvgIpc) is 3.27. The lowest BCUT2D eigenvalue weighted by Gasteiger charge is -2.12. The lowest BCUT2D eigenvalue weighted by Crippen LogP contribution is -2.39. The molecule has 132 valence electrons. The van der Waals surface area contributed by atoms with Crippen molar-refractivity contribution in [3.8, 4) is 11.5 Å². The van der Waals surface area contributed by atoms with E-state index >= 15 is 0 Å². The van der Waals surface area contributed by atoms with Gasteiger partial charge in [-0.25, -0.2) is 4.99 Å². The summed E-state index contributed by atoms with van der Waals surface area (Å²) in [5.74, 6) is 3.25. The number of rotatable bonds is 7. The highest BCUT2D eigenvalue weighted by molar-refractivity contribution is 5.80. The van der Waals surface area contributed by atoms with Crippen LogP contribution < -0.4 is 20.1 Å². The molecular weight excluding hydrogens is 318 g/mol. The molecular formula is C19H23N3O3. The van der Waals surface area contributed by atoms with Gasteiger partial charge in [0.05, 0.1) is 12.8 Å². The molecule has 25 heavy (non-hydrogen) atoms. The minimum absolute atomic E-state index is 0.280. The number of fused-ring (bicyclic) bond motifs is 1. The highest BCUT2D eigenvalue weighted by atomic mass is 16.7. The highest BCUT2D eigenvalue weighted by Crippen LogP contribution is 2.32. The van der Waals surface area contributed by atoms with Gasteiger partial charge in [0.2, 0.25) is 6.79 Å². The Bertz CT molecular complexity index is 738. The van der Waals surface area contributed by atoms with Crippen LogP contribution in [-0.2, 0) is 13.0 Å². The summed E-state index contributed by atoms with van der Waals surface area (Å²) >= 11 is 0. The van der Waals surface area contributed by atoms with Crippen molar-refractivity contribution in [3.63, 3.8) is 0 Å². The molecule has 0 fully saturated rings. The Morgan fingerprint density at radius 2 is 2.08 bits per heavy atom. The van der Waals surface area contributed by atoms with Crippen molar-refractivity contribution >= 4 is 5.96 Å². The van der Waals surface area contributed by atoms with Crippen molar-refractivity contribution in [1.82, 2.24) is 10.6 Å². The van der Waals surface area contributed by atoms with E-state index in [9.17, 15) is 0 Å². The summed E-state index contributed by atoms with van der Waals surface area (Å²) in [4.78, 5) is 4.64. The van der Waals surface area contributed by atoms with Crippen LogP contribution in [0.4, 0.5) is 0 Å². The Balaban J connectivity index is 1.58. The van der Waals surface area contributed by atoms with E-state index in [1.165, 1.54) is 0 Å². The summed E-state index contributed by atoms with van der Waals surface area (Å²) in [6.07, 6.45) is 2.48. The van der Waals surface area contributed by atoms with Crippen LogP contribution in [0.15, 0.2) is 58.2 Å². The highest BCUT2D eigenvalue weighted by Gasteiger charge is 2.13. The van der Waals surface area contributed by atoms with Gasteiger partial charge in [0.15, 0.2) is 17.5 Å². The van der Waals surface area contributed by atoms with E-state index in [0.717, 1.165) is 47.3 Å². The normalized spacial score (nSPS) is 12.9. The van der Waals surface area contributed by atoms with E-state index in [0.29, 0.717) is 13.1 Å². The van der Waals surface area contributed by atoms with E-state index < -0.39 is 0 Å². The third-order valence-electron chi connectivity index (χ3n) is 3.66. The number of aliphatic imine (C=N–C) groups is 1. The van der Waals surface area contributed by atoms with Crippen LogP contribution in [0, 0.1) is 0 Å². The smallest absolute Gasteiger partial charge is 0.231 e. The van der Waals surface area contributed by atoms with Crippen LogP contribution in [0.5, 0.6) is 11.5 Å². The Morgan fingerprint density at radius 1 is 1.20 bits per heavy atom. The molecule has 1 aliphatic heterocycles. The quantitative estimate of drug-likeness (QED) is 0.460. The van der Waals surface area contributed by atoms with Crippen LogP contribution in [0.1, 0.15) is 18.2 Å². The van der Waals surface area contributed by atoms with Crippen LogP contribution in [0.3, 0.4) is 0 Å². The first-order chi connectivity index (χ1) is 12.2. The minimum Gasteiger partial charge on any atom is -0.469 e. The van der Waals surface area contributed by atoms with Gasteiger partial charge in [-0.1, -0.05) is 18.2 Å². The first-order valence-corrected chi connectivity index (χ1v) is 8.28. The Labute approximate surface area is 147 Å². The molecule has 0 spiro atoms. The van der Waals surface area contributed by atoms with E-state index in [4.69, 9.17) is 13.9 Å². The molecule has 0 unspecified atom stereocenters. The van der Waals surface area contributed by atoms with Crippen molar-refractivity contribution in [2.75, 3.05) is 19.9 Å². The number of nitrogens with one attached hydrogen (secondary N) is 2. The summed E-state index contributed by atoms with van der Waals surface area (Å²) in [6, 6.07) is 9.73. The van der Waals surface area contributed by atoms with Gasteiger partial charge in [-0.3, -0.25) is 0 Å². The van der Waals surface area contributed by atoms with Crippen molar-refractivity contribution in [3.05, 3.63) is 60.1 Å². The van der Waals surface area contributed by atoms with Crippen LogP contribution in [-0.4, -0.2) is 25.8 Å². The number of benzene rings is 1. The SMILES string of the molecule is C=C(C)CNC(=NCc1ccc2c(c1)OCO2)NCCc1ccco1. The third-order valence-corrected chi connectivity index (χ3v) is 3.66. The molecule has 0 saturated carbocycles. The Morgan fingerprint density at radius 3 is 2.88 bits per heavy atom. The zero-order valence-electron chi connectivity index (χ0n) is 14.4. The second-order valence-electron chi connectivity index (χ2n) is 5.92. The molecule has 1 aromatic carbocycles. The summed E-state index contributed by atoms with van der Waals surface area (Å²) in [7, 11) is 0. The first kappa shape index (κ1) is 17.0. The van der Waals surface area contributed by atoms with Crippen molar-refractivity contribution in [2.24, 2.45) is 4.99 Å². The van der Waals surface area contributed by atoms with E-state index in [-0.39, 0.29) is 6.79 Å². The van der Waals surface area contributed by atoms with Crippen LogP contribution in [0.2, 0.25) is 0 Å². The van der Waals surface area contributed by atoms with E-state index in [2.05, 4.69) is 22.2 Å². The molecule has 2 aromatic rings. The standard InChI is InChI=1S/C19H23N3O3/c1-14(2)11-21-19(20-8-7-16-4-3-9-23-16)22-12-15-5-6-17-18(10-15)25-13-24-17/h3-6,9-10H,1,7-8,11-13H2,2H3,(H2,20,21,22). The monoisotopic (exact) mass is 341 g/mol. The lowest BCUT2D eigenvalue weighted by atomic mass is 10.2. The van der Waals surface area contributed by atoms with Gasteiger partial charge in [0.1, 0.15) is 5.76 Å². The maximum absolute atomic E-state index is 5.41. The second kappa shape index (κ2) is 8.28. The molecule has 0 radical (unpaired) electrons. The number of hydrogen-bond acceptors (Lipinski definition) is 4. The molecule has 2 heterocycles. The summed E-state index contributed by atoms with van der Waals surface area (Å²) in [6.45, 7) is 8.12. The largest absolute Gasteiger partial charge is 0.469 e. The van der Waals surface area contributed by atoms with Crippen molar-refractivity contribution < 1.29 is 13.9 Å². The molecule has 0 bridgehead atoms. The first-order valence-electron chi connectivity index (χ1n) is 8.28. The van der Waals surface area contributed by atoms with Crippen molar-refractivity contribution in [1.29, 1.82) is 0 Å². The topological polar surface area (TPSA) is 68.0 Å². The van der Waals surface area contributed by atoms with Gasteiger partial charge >= 0.3 is 0 Å². The van der Waals surface area contributed by atoms with Gasteiger partial charge < -0.3 is 24.5 Å². The predicted molar refractivity (Wildman–Crippen MR) is 96.9 cm³/mol. The maximum atomic E-state index is 5.41. The molecule has 6 nitrogen and oxygen atoms in total. The average molecular weight is 341 g/mol. The van der Waals surface area contributed by atoms with Crippen molar-refractivity contribution in [2.45, 2.75) is 19.9 Å². The molecule has 1 aromatic heterocycles. The van der Waals surface area contributed by atoms with Crippen LogP contribution in [0.25, 0.3) is 0 Å². The van der Waals surface area contributed by atoms with E-state index in [1.807, 2.05) is 37.3 Å². The molecule has 0 saturated heterocycles. The zero-order chi connectivity index (χ0) is 17.5.